The van der Waals surface area contributed by atoms with E-state index in [9.17, 15) is 14.4 Å². The maximum atomic E-state index is 13.7. The summed E-state index contributed by atoms with van der Waals surface area (Å²) in [5, 5.41) is 0.314. The van der Waals surface area contributed by atoms with E-state index in [0.29, 0.717) is 29.5 Å². The van der Waals surface area contributed by atoms with Gasteiger partial charge in [-0.15, -0.1) is 11.3 Å². The molecule has 8 nitrogen and oxygen atoms in total. The van der Waals surface area contributed by atoms with Crippen LogP contribution in [-0.4, -0.2) is 75.6 Å². The number of pyridine rings is 2. The van der Waals surface area contributed by atoms with Crippen LogP contribution in [0.1, 0.15) is 41.6 Å². The predicted octanol–water partition coefficient (Wildman–Crippen LogP) is 4.24. The van der Waals surface area contributed by atoms with Gasteiger partial charge in [-0.05, 0) is 37.7 Å². The molecule has 3 aromatic heterocycles. The number of thiophene rings is 1. The van der Waals surface area contributed by atoms with Gasteiger partial charge in [0.25, 0.3) is 5.91 Å². The Morgan fingerprint density at radius 3 is 2.54 bits per heavy atom. The van der Waals surface area contributed by atoms with E-state index in [-0.39, 0.29) is 30.2 Å². The molecule has 0 aliphatic carbocycles. The van der Waals surface area contributed by atoms with Crippen LogP contribution in [0.4, 0.5) is 0 Å². The fraction of sp³-hybridized carbons (Fsp3) is 0.444. The number of piperazine rings is 1. The van der Waals surface area contributed by atoms with Crippen molar-refractivity contribution >= 4 is 50.9 Å². The quantitative estimate of drug-likeness (QED) is 0.364. The first-order valence-corrected chi connectivity index (χ1v) is 13.6. The molecule has 1 unspecified atom stereocenters. The third kappa shape index (κ3) is 4.43. The van der Waals surface area contributed by atoms with Crippen LogP contribution >= 0.6 is 22.9 Å². The number of hydrogen-bond acceptors (Lipinski definition) is 7. The van der Waals surface area contributed by atoms with E-state index in [1.54, 1.807) is 19.2 Å². The Hall–Kier alpha value is -2.88. The number of rotatable bonds is 4. The molecule has 0 N–H and O–H groups in total. The average molecular weight is 540 g/mol. The zero-order chi connectivity index (χ0) is 26.6. The summed E-state index contributed by atoms with van der Waals surface area (Å²) < 4.78 is 0.838. The van der Waals surface area contributed by atoms with E-state index in [2.05, 4.69) is 21.9 Å². The highest BCUT2D eigenvalue weighted by molar-refractivity contribution is 7.19. The molecule has 5 heterocycles. The van der Waals surface area contributed by atoms with E-state index in [0.717, 1.165) is 39.3 Å². The van der Waals surface area contributed by atoms with E-state index in [1.165, 1.54) is 16.2 Å². The van der Waals surface area contributed by atoms with Crippen LogP contribution in [0.2, 0.25) is 5.15 Å². The number of likely N-dealkylation sites (N-methyl/N-ethyl adjacent to an activating group) is 1. The molecule has 10 heteroatoms. The molecule has 2 fully saturated rings. The molecular formula is C27H30ClN5O3S. The largest absolute Gasteiger partial charge is 0.336 e. The summed E-state index contributed by atoms with van der Waals surface area (Å²) in [6, 6.07) is 5.47. The highest BCUT2D eigenvalue weighted by Crippen LogP contribution is 2.40. The minimum absolute atomic E-state index is 0.0593. The zero-order valence-corrected chi connectivity index (χ0v) is 23.2. The fourth-order valence-corrected chi connectivity index (χ4v) is 6.36. The van der Waals surface area contributed by atoms with Crippen LogP contribution in [0.25, 0.3) is 21.5 Å². The van der Waals surface area contributed by atoms with Crippen LogP contribution in [0.15, 0.2) is 24.4 Å². The second kappa shape index (κ2) is 9.45. The number of carbonyl (C=O) groups is 3. The summed E-state index contributed by atoms with van der Waals surface area (Å²) in [6.45, 7) is 10.4. The van der Waals surface area contributed by atoms with Crippen molar-refractivity contribution in [3.63, 3.8) is 0 Å². The van der Waals surface area contributed by atoms with E-state index in [1.807, 2.05) is 37.8 Å². The van der Waals surface area contributed by atoms with Crippen molar-refractivity contribution in [1.29, 1.82) is 0 Å². The topological polar surface area (TPSA) is 86.7 Å². The first-order chi connectivity index (χ1) is 17.5. The lowest BCUT2D eigenvalue weighted by Gasteiger charge is -2.33. The molecule has 194 valence electrons. The van der Waals surface area contributed by atoms with Crippen molar-refractivity contribution in [1.82, 2.24) is 24.7 Å². The number of hydrogen-bond donors (Lipinski definition) is 0. The Labute approximate surface area is 225 Å². The Balaban J connectivity index is 1.55. The summed E-state index contributed by atoms with van der Waals surface area (Å²) in [5.74, 6) is -0.753. The van der Waals surface area contributed by atoms with Crippen molar-refractivity contribution in [2.45, 2.75) is 34.2 Å². The lowest BCUT2D eigenvalue weighted by atomic mass is 9.82. The Morgan fingerprint density at radius 1 is 1.19 bits per heavy atom. The molecule has 3 aromatic rings. The van der Waals surface area contributed by atoms with Gasteiger partial charge in [0, 0.05) is 48.7 Å². The van der Waals surface area contributed by atoms with Gasteiger partial charge in [-0.3, -0.25) is 24.3 Å². The number of aromatic nitrogens is 2. The second-order valence-corrected chi connectivity index (χ2v) is 12.1. The van der Waals surface area contributed by atoms with Crippen molar-refractivity contribution < 1.29 is 14.4 Å². The van der Waals surface area contributed by atoms with E-state index >= 15 is 0 Å². The summed E-state index contributed by atoms with van der Waals surface area (Å²) in [7, 11) is 2.05. The van der Waals surface area contributed by atoms with Crippen LogP contribution in [0.5, 0.6) is 0 Å². The van der Waals surface area contributed by atoms with Crippen LogP contribution in [0, 0.1) is 18.3 Å². The van der Waals surface area contributed by atoms with Crippen LogP contribution in [0.3, 0.4) is 0 Å². The highest BCUT2D eigenvalue weighted by atomic mass is 35.5. The minimum atomic E-state index is -0.724. The molecule has 0 radical (unpaired) electrons. The summed E-state index contributed by atoms with van der Waals surface area (Å²) >= 11 is 7.84. The molecule has 0 bridgehead atoms. The number of halogens is 1. The van der Waals surface area contributed by atoms with E-state index < -0.39 is 5.41 Å². The number of nitrogens with zero attached hydrogens (tertiary/aromatic N) is 5. The fourth-order valence-electron chi connectivity index (χ4n) is 5.00. The third-order valence-corrected chi connectivity index (χ3v) is 9.07. The van der Waals surface area contributed by atoms with Gasteiger partial charge in [0.1, 0.15) is 5.15 Å². The molecule has 2 saturated heterocycles. The molecular weight excluding hydrogens is 510 g/mol. The maximum Gasteiger partial charge on any atom is 0.256 e. The summed E-state index contributed by atoms with van der Waals surface area (Å²) in [4.78, 5) is 54.9. The van der Waals surface area contributed by atoms with Gasteiger partial charge in [-0.2, -0.15) is 0 Å². The Kier molecular flexibility index (Phi) is 6.58. The molecule has 0 aromatic carbocycles. The number of amides is 3. The van der Waals surface area contributed by atoms with Gasteiger partial charge in [-0.25, -0.2) is 4.98 Å². The molecule has 3 amide bonds. The number of carbonyl (C=O) groups excluding carboxylic acids is 3. The summed E-state index contributed by atoms with van der Waals surface area (Å²) in [6.07, 6.45) is 1.69. The normalized spacial score (nSPS) is 20.3. The molecule has 5 rings (SSSR count). The summed E-state index contributed by atoms with van der Waals surface area (Å²) in [5.41, 5.74) is 2.59. The smallest absolute Gasteiger partial charge is 0.256 e. The highest BCUT2D eigenvalue weighted by Gasteiger charge is 2.51. The Morgan fingerprint density at radius 2 is 1.89 bits per heavy atom. The van der Waals surface area contributed by atoms with Gasteiger partial charge < -0.3 is 9.80 Å². The van der Waals surface area contributed by atoms with Crippen LogP contribution < -0.4 is 0 Å². The lowest BCUT2D eigenvalue weighted by molar-refractivity contribution is -0.141. The predicted molar refractivity (Wildman–Crippen MR) is 145 cm³/mol. The van der Waals surface area contributed by atoms with Gasteiger partial charge in [0.15, 0.2) is 0 Å². The van der Waals surface area contributed by atoms with Crippen LogP contribution in [-0.2, 0) is 16.1 Å². The number of aryl methyl sites for hydroxylation is 1. The first kappa shape index (κ1) is 25.8. The van der Waals surface area contributed by atoms with Crippen molar-refractivity contribution in [2.24, 2.45) is 11.3 Å². The van der Waals surface area contributed by atoms with Gasteiger partial charge in [-0.1, -0.05) is 32.4 Å². The standard InChI is InChI=1S/C27H30ClN5O3S/c1-15-12-20(28)30-22(21(15)25(35)32-10-8-31(5)9-11-32)18-6-7-29-19-13-17(37-23(18)19)14-33-24(34)16(2)27(3,4)26(33)36/h6-7,12-13,16H,8-11,14H2,1-5H3. The van der Waals surface area contributed by atoms with Crippen molar-refractivity contribution in [3.05, 3.63) is 45.6 Å². The lowest BCUT2D eigenvalue weighted by Crippen LogP contribution is -2.47. The molecule has 2 aliphatic rings. The average Bonchev–Trinajstić information content (AvgIpc) is 3.33. The second-order valence-electron chi connectivity index (χ2n) is 10.5. The van der Waals surface area contributed by atoms with Gasteiger partial charge in [0.2, 0.25) is 11.8 Å². The number of imide groups is 1. The molecule has 2 aliphatic heterocycles. The van der Waals surface area contributed by atoms with E-state index in [4.69, 9.17) is 11.6 Å². The maximum absolute atomic E-state index is 13.7. The number of fused-ring (bicyclic) bond motifs is 1. The Bertz CT molecular complexity index is 1430. The van der Waals surface area contributed by atoms with Crippen molar-refractivity contribution in [3.8, 4) is 11.3 Å². The third-order valence-electron chi connectivity index (χ3n) is 7.74. The zero-order valence-electron chi connectivity index (χ0n) is 21.7. The van der Waals surface area contributed by atoms with Gasteiger partial charge >= 0.3 is 0 Å². The number of likely N-dealkylation sites (tertiary alicyclic amines) is 1. The van der Waals surface area contributed by atoms with Gasteiger partial charge in [0.05, 0.1) is 33.4 Å². The minimum Gasteiger partial charge on any atom is -0.336 e. The SMILES string of the molecule is Cc1cc(Cl)nc(-c2ccnc3cc(CN4C(=O)C(C)C(C)(C)C4=O)sc23)c1C(=O)N1CCN(C)CC1. The first-order valence-electron chi connectivity index (χ1n) is 12.4. The molecule has 0 saturated carbocycles. The van der Waals surface area contributed by atoms with Crippen molar-refractivity contribution in [2.75, 3.05) is 33.2 Å². The molecule has 37 heavy (non-hydrogen) atoms. The monoisotopic (exact) mass is 539 g/mol. The molecule has 0 spiro atoms. The molecule has 1 atom stereocenters.